The highest BCUT2D eigenvalue weighted by atomic mass is 16.5. The number of hydrogen-bond acceptors (Lipinski definition) is 4. The second-order valence-electron chi connectivity index (χ2n) is 6.89. The Morgan fingerprint density at radius 3 is 2.69 bits per heavy atom. The van der Waals surface area contributed by atoms with Crippen molar-refractivity contribution >= 4 is 6.08 Å². The lowest BCUT2D eigenvalue weighted by atomic mass is 9.95. The Morgan fingerprint density at radius 2 is 1.96 bits per heavy atom. The fourth-order valence-corrected chi connectivity index (χ4v) is 3.50. The van der Waals surface area contributed by atoms with Crippen molar-refractivity contribution in [1.29, 1.82) is 0 Å². The van der Waals surface area contributed by atoms with E-state index in [0.29, 0.717) is 5.92 Å². The van der Waals surface area contributed by atoms with Crippen LogP contribution in [0.5, 0.6) is 11.6 Å². The van der Waals surface area contributed by atoms with Gasteiger partial charge in [-0.1, -0.05) is 29.8 Å². The van der Waals surface area contributed by atoms with Crippen LogP contribution in [0.15, 0.2) is 42.6 Å². The van der Waals surface area contributed by atoms with Gasteiger partial charge >= 0.3 is 0 Å². The average Bonchev–Trinajstić information content (AvgIpc) is 2.68. The second-order valence-corrected chi connectivity index (χ2v) is 6.89. The first kappa shape index (κ1) is 18.5. The summed E-state index contributed by atoms with van der Waals surface area (Å²) in [7, 11) is 3.41. The molecule has 4 heteroatoms. The molecule has 0 spiro atoms. The monoisotopic (exact) mass is 352 g/mol. The molecule has 1 aromatic carbocycles. The van der Waals surface area contributed by atoms with E-state index in [1.54, 1.807) is 20.4 Å². The van der Waals surface area contributed by atoms with Crippen LogP contribution in [0.4, 0.5) is 0 Å². The van der Waals surface area contributed by atoms with E-state index in [1.165, 1.54) is 18.4 Å². The van der Waals surface area contributed by atoms with E-state index in [-0.39, 0.29) is 0 Å². The van der Waals surface area contributed by atoms with E-state index >= 15 is 0 Å². The fourth-order valence-electron chi connectivity index (χ4n) is 3.50. The van der Waals surface area contributed by atoms with Gasteiger partial charge in [0.2, 0.25) is 5.88 Å². The molecule has 2 aromatic rings. The van der Waals surface area contributed by atoms with Gasteiger partial charge in [0.15, 0.2) is 0 Å². The normalized spacial score (nSPS) is 16.1. The molecule has 26 heavy (non-hydrogen) atoms. The molecule has 2 heterocycles. The molecular formula is C22H28N2O2. The first-order chi connectivity index (χ1) is 12.7. The molecule has 138 valence electrons. The molecule has 3 rings (SSSR count). The summed E-state index contributed by atoms with van der Waals surface area (Å²) >= 11 is 0. The Bertz CT molecular complexity index is 750. The van der Waals surface area contributed by atoms with Gasteiger partial charge in [-0.25, -0.2) is 4.98 Å². The number of rotatable bonds is 6. The molecule has 0 atom stereocenters. The number of hydrogen-bond donors (Lipinski definition) is 0. The maximum atomic E-state index is 5.47. The van der Waals surface area contributed by atoms with Crippen LogP contribution in [0.1, 0.15) is 29.5 Å². The van der Waals surface area contributed by atoms with Crippen molar-refractivity contribution in [3.05, 3.63) is 59.3 Å². The summed E-state index contributed by atoms with van der Waals surface area (Å²) < 4.78 is 10.8. The van der Waals surface area contributed by atoms with Gasteiger partial charge in [0.05, 0.1) is 14.2 Å². The Morgan fingerprint density at radius 1 is 1.15 bits per heavy atom. The first-order valence-electron chi connectivity index (χ1n) is 9.22. The van der Waals surface area contributed by atoms with Crippen LogP contribution in [0.25, 0.3) is 6.08 Å². The number of aryl methyl sites for hydroxylation is 1. The predicted molar refractivity (Wildman–Crippen MR) is 106 cm³/mol. The molecule has 1 aliphatic heterocycles. The van der Waals surface area contributed by atoms with Crippen LogP contribution in [-0.2, 0) is 6.54 Å². The molecule has 0 saturated carbocycles. The van der Waals surface area contributed by atoms with Crippen molar-refractivity contribution < 1.29 is 9.47 Å². The van der Waals surface area contributed by atoms with Crippen molar-refractivity contribution in [2.75, 3.05) is 27.3 Å². The number of methoxy groups -OCH3 is 2. The van der Waals surface area contributed by atoms with Crippen molar-refractivity contribution in [1.82, 2.24) is 9.88 Å². The van der Waals surface area contributed by atoms with Crippen molar-refractivity contribution in [2.24, 2.45) is 5.92 Å². The first-order valence-corrected chi connectivity index (χ1v) is 9.22. The summed E-state index contributed by atoms with van der Waals surface area (Å²) in [6.07, 6.45) is 8.69. The van der Waals surface area contributed by atoms with E-state index in [1.807, 2.05) is 12.1 Å². The Balaban J connectivity index is 1.56. The Kier molecular flexibility index (Phi) is 6.29. The van der Waals surface area contributed by atoms with Gasteiger partial charge < -0.3 is 9.47 Å². The molecule has 0 aliphatic carbocycles. The average molecular weight is 352 g/mol. The number of benzene rings is 1. The van der Waals surface area contributed by atoms with E-state index < -0.39 is 0 Å². The largest absolute Gasteiger partial charge is 0.496 e. The zero-order valence-corrected chi connectivity index (χ0v) is 15.9. The highest BCUT2D eigenvalue weighted by Crippen LogP contribution is 2.26. The lowest BCUT2D eigenvalue weighted by Crippen LogP contribution is -2.32. The van der Waals surface area contributed by atoms with Gasteiger partial charge in [0, 0.05) is 23.9 Å². The third-order valence-corrected chi connectivity index (χ3v) is 5.00. The van der Waals surface area contributed by atoms with Crippen LogP contribution in [0, 0.1) is 12.8 Å². The summed E-state index contributed by atoms with van der Waals surface area (Å²) in [5.74, 6) is 2.29. The van der Waals surface area contributed by atoms with Crippen LogP contribution in [0.2, 0.25) is 0 Å². The molecular weight excluding hydrogens is 324 g/mol. The number of piperidine rings is 1. The maximum absolute atomic E-state index is 5.47. The number of aromatic nitrogens is 1. The molecule has 0 radical (unpaired) electrons. The SMILES string of the molecule is COc1ccc(C)cc1C=CC1CCN(Cc2cccnc2OC)CC1. The summed E-state index contributed by atoms with van der Waals surface area (Å²) in [5, 5.41) is 0. The van der Waals surface area contributed by atoms with Gasteiger partial charge in [-0.3, -0.25) is 4.90 Å². The molecule has 0 N–H and O–H groups in total. The molecule has 1 saturated heterocycles. The number of nitrogens with zero attached hydrogens (tertiary/aromatic N) is 2. The minimum atomic E-state index is 0.618. The second kappa shape index (κ2) is 8.86. The topological polar surface area (TPSA) is 34.6 Å². The third-order valence-electron chi connectivity index (χ3n) is 5.00. The summed E-state index contributed by atoms with van der Waals surface area (Å²) in [6, 6.07) is 10.4. The van der Waals surface area contributed by atoms with E-state index in [4.69, 9.17) is 9.47 Å². The van der Waals surface area contributed by atoms with E-state index in [2.05, 4.69) is 47.2 Å². The maximum Gasteiger partial charge on any atom is 0.217 e. The standard InChI is InChI=1S/C22H28N2O2/c1-17-6-9-21(25-2)19(15-17)8-7-18-10-13-24(14-11-18)16-20-5-4-12-23-22(20)26-3/h4-9,12,15,18H,10-11,13-14,16H2,1-3H3. The molecule has 1 aliphatic rings. The predicted octanol–water partition coefficient (Wildman–Crippen LogP) is 4.33. The molecule has 1 aromatic heterocycles. The van der Waals surface area contributed by atoms with Gasteiger partial charge in [-0.05, 0) is 57.0 Å². The highest BCUT2D eigenvalue weighted by Gasteiger charge is 2.18. The Hall–Kier alpha value is -2.33. The van der Waals surface area contributed by atoms with Gasteiger partial charge in [-0.2, -0.15) is 0 Å². The summed E-state index contributed by atoms with van der Waals surface area (Å²) in [5.41, 5.74) is 3.58. The zero-order valence-electron chi connectivity index (χ0n) is 15.9. The molecule has 4 nitrogen and oxygen atoms in total. The minimum Gasteiger partial charge on any atom is -0.496 e. The summed E-state index contributed by atoms with van der Waals surface area (Å²) in [6.45, 7) is 5.21. The lowest BCUT2D eigenvalue weighted by molar-refractivity contribution is 0.193. The number of likely N-dealkylation sites (tertiary alicyclic amines) is 1. The number of ether oxygens (including phenoxy) is 2. The van der Waals surface area contributed by atoms with E-state index in [0.717, 1.165) is 42.4 Å². The summed E-state index contributed by atoms with van der Waals surface area (Å²) in [4.78, 5) is 6.78. The van der Waals surface area contributed by atoms with Gasteiger partial charge in [-0.15, -0.1) is 0 Å². The third kappa shape index (κ3) is 4.64. The minimum absolute atomic E-state index is 0.618. The van der Waals surface area contributed by atoms with Crippen molar-refractivity contribution in [3.8, 4) is 11.6 Å². The Labute approximate surface area is 156 Å². The van der Waals surface area contributed by atoms with Crippen LogP contribution < -0.4 is 9.47 Å². The van der Waals surface area contributed by atoms with Crippen LogP contribution in [-0.4, -0.2) is 37.2 Å². The van der Waals surface area contributed by atoms with Crippen LogP contribution >= 0.6 is 0 Å². The molecule has 1 fully saturated rings. The lowest BCUT2D eigenvalue weighted by Gasteiger charge is -2.30. The van der Waals surface area contributed by atoms with Crippen molar-refractivity contribution in [3.63, 3.8) is 0 Å². The van der Waals surface area contributed by atoms with E-state index in [9.17, 15) is 0 Å². The molecule has 0 amide bonds. The zero-order chi connectivity index (χ0) is 18.4. The molecule has 0 bridgehead atoms. The molecule has 0 unspecified atom stereocenters. The smallest absolute Gasteiger partial charge is 0.217 e. The van der Waals surface area contributed by atoms with Crippen molar-refractivity contribution in [2.45, 2.75) is 26.3 Å². The highest BCUT2D eigenvalue weighted by molar-refractivity contribution is 5.58. The van der Waals surface area contributed by atoms with Gasteiger partial charge in [0.25, 0.3) is 0 Å². The fraction of sp³-hybridized carbons (Fsp3) is 0.409. The van der Waals surface area contributed by atoms with Gasteiger partial charge in [0.1, 0.15) is 5.75 Å². The quantitative estimate of drug-likeness (QED) is 0.775. The van der Waals surface area contributed by atoms with Crippen LogP contribution in [0.3, 0.4) is 0 Å². The number of pyridine rings is 1. The number of allylic oxidation sites excluding steroid dienone is 1.